The van der Waals surface area contributed by atoms with E-state index in [0.717, 1.165) is 16.7 Å². The van der Waals surface area contributed by atoms with Gasteiger partial charge in [-0.25, -0.2) is 4.79 Å². The average molecular weight is 207 g/mol. The van der Waals surface area contributed by atoms with Crippen LogP contribution in [0.3, 0.4) is 0 Å². The van der Waals surface area contributed by atoms with Gasteiger partial charge < -0.3 is 10.5 Å². The molecule has 1 atom stereocenters. The van der Waals surface area contributed by atoms with Gasteiger partial charge in [-0.15, -0.1) is 0 Å². The highest BCUT2D eigenvalue weighted by molar-refractivity contribution is 5.90. The number of esters is 1. The number of ether oxygens (including phenoxy) is 1. The maximum absolute atomic E-state index is 11.4. The molecule has 1 aromatic rings. The number of benzene rings is 1. The Morgan fingerprint density at radius 1 is 1.40 bits per heavy atom. The summed E-state index contributed by atoms with van der Waals surface area (Å²) in [6.07, 6.45) is 0. The van der Waals surface area contributed by atoms with Crippen LogP contribution in [0, 0.1) is 13.8 Å². The zero-order valence-electron chi connectivity index (χ0n) is 9.63. The molecule has 0 heterocycles. The molecule has 82 valence electrons. The molecule has 0 radical (unpaired) electrons. The van der Waals surface area contributed by atoms with Crippen molar-refractivity contribution in [2.75, 3.05) is 7.11 Å². The summed E-state index contributed by atoms with van der Waals surface area (Å²) < 4.78 is 4.69. The maximum Gasteiger partial charge on any atom is 0.337 e. The molecule has 0 spiro atoms. The predicted octanol–water partition coefficient (Wildman–Crippen LogP) is 2.11. The lowest BCUT2D eigenvalue weighted by atomic mass is 9.96. The second-order valence-corrected chi connectivity index (χ2v) is 3.79. The minimum atomic E-state index is -0.319. The van der Waals surface area contributed by atoms with Crippen LogP contribution in [-0.4, -0.2) is 13.1 Å². The molecule has 15 heavy (non-hydrogen) atoms. The summed E-state index contributed by atoms with van der Waals surface area (Å²) in [5, 5.41) is 0. The number of carbonyl (C=O) groups excluding carboxylic acids is 1. The average Bonchev–Trinajstić information content (AvgIpc) is 2.20. The molecule has 0 aromatic heterocycles. The summed E-state index contributed by atoms with van der Waals surface area (Å²) in [6.45, 7) is 5.88. The largest absolute Gasteiger partial charge is 0.465 e. The zero-order chi connectivity index (χ0) is 11.6. The third kappa shape index (κ3) is 2.36. The van der Waals surface area contributed by atoms with Crippen molar-refractivity contribution in [3.05, 3.63) is 34.4 Å². The molecule has 0 aliphatic rings. The summed E-state index contributed by atoms with van der Waals surface area (Å²) in [6, 6.07) is 3.56. The van der Waals surface area contributed by atoms with Gasteiger partial charge in [0.05, 0.1) is 12.7 Å². The van der Waals surface area contributed by atoms with Gasteiger partial charge in [-0.3, -0.25) is 0 Å². The molecule has 0 amide bonds. The van der Waals surface area contributed by atoms with E-state index in [1.54, 1.807) is 6.07 Å². The SMILES string of the molecule is COC(=O)c1cc(C)c(C)c(C(C)N)c1. The Balaban J connectivity index is 3.29. The van der Waals surface area contributed by atoms with Gasteiger partial charge in [0.25, 0.3) is 0 Å². The Kier molecular flexibility index (Phi) is 3.48. The zero-order valence-corrected chi connectivity index (χ0v) is 9.63. The van der Waals surface area contributed by atoms with E-state index in [1.165, 1.54) is 7.11 Å². The highest BCUT2D eigenvalue weighted by Gasteiger charge is 2.12. The fourth-order valence-electron chi connectivity index (χ4n) is 1.60. The molecule has 3 heteroatoms. The second-order valence-electron chi connectivity index (χ2n) is 3.79. The third-order valence-corrected chi connectivity index (χ3v) is 2.62. The topological polar surface area (TPSA) is 52.3 Å². The van der Waals surface area contributed by atoms with Gasteiger partial charge in [0.15, 0.2) is 0 Å². The summed E-state index contributed by atoms with van der Waals surface area (Å²) in [4.78, 5) is 11.4. The molecule has 2 N–H and O–H groups in total. The quantitative estimate of drug-likeness (QED) is 0.756. The highest BCUT2D eigenvalue weighted by Crippen LogP contribution is 2.21. The second kappa shape index (κ2) is 4.45. The van der Waals surface area contributed by atoms with Gasteiger partial charge in [0.1, 0.15) is 0 Å². The maximum atomic E-state index is 11.4. The number of hydrogen-bond acceptors (Lipinski definition) is 3. The van der Waals surface area contributed by atoms with E-state index in [2.05, 4.69) is 4.74 Å². The van der Waals surface area contributed by atoms with E-state index in [4.69, 9.17) is 5.73 Å². The molecule has 0 saturated carbocycles. The molecular weight excluding hydrogens is 190 g/mol. The van der Waals surface area contributed by atoms with Crippen LogP contribution in [0.15, 0.2) is 12.1 Å². The van der Waals surface area contributed by atoms with E-state index < -0.39 is 0 Å². The van der Waals surface area contributed by atoms with E-state index in [0.29, 0.717) is 5.56 Å². The lowest BCUT2D eigenvalue weighted by molar-refractivity contribution is 0.0600. The Hall–Kier alpha value is -1.35. The molecule has 1 rings (SSSR count). The van der Waals surface area contributed by atoms with E-state index >= 15 is 0 Å². The lowest BCUT2D eigenvalue weighted by Gasteiger charge is -2.13. The standard InChI is InChI=1S/C12H17NO2/c1-7-5-10(12(14)15-4)6-11(8(7)2)9(3)13/h5-6,9H,13H2,1-4H3. The first-order chi connectivity index (χ1) is 6.97. The normalized spacial score (nSPS) is 12.3. The van der Waals surface area contributed by atoms with E-state index in [1.807, 2.05) is 26.8 Å². The third-order valence-electron chi connectivity index (χ3n) is 2.62. The lowest BCUT2D eigenvalue weighted by Crippen LogP contribution is -2.11. The fraction of sp³-hybridized carbons (Fsp3) is 0.417. The van der Waals surface area contributed by atoms with Gasteiger partial charge in [0, 0.05) is 6.04 Å². The van der Waals surface area contributed by atoms with Gasteiger partial charge in [-0.05, 0) is 49.6 Å². The van der Waals surface area contributed by atoms with E-state index in [9.17, 15) is 4.79 Å². The van der Waals surface area contributed by atoms with Crippen LogP contribution in [0.25, 0.3) is 0 Å². The molecule has 0 aliphatic carbocycles. The van der Waals surface area contributed by atoms with Crippen LogP contribution in [0.1, 0.15) is 40.0 Å². The first-order valence-electron chi connectivity index (χ1n) is 4.92. The van der Waals surface area contributed by atoms with Crippen molar-refractivity contribution >= 4 is 5.97 Å². The molecule has 0 saturated heterocycles. The van der Waals surface area contributed by atoms with Crippen molar-refractivity contribution in [1.29, 1.82) is 0 Å². The summed E-state index contributed by atoms with van der Waals surface area (Å²) in [5.41, 5.74) is 9.60. The molecule has 0 aliphatic heterocycles. The van der Waals surface area contributed by atoms with Crippen LogP contribution >= 0.6 is 0 Å². The first kappa shape index (κ1) is 11.7. The molecule has 1 aromatic carbocycles. The van der Waals surface area contributed by atoms with Crippen molar-refractivity contribution in [2.45, 2.75) is 26.8 Å². The van der Waals surface area contributed by atoms with Crippen LogP contribution in [-0.2, 0) is 4.74 Å². The van der Waals surface area contributed by atoms with Crippen molar-refractivity contribution in [3.8, 4) is 0 Å². The number of nitrogens with two attached hydrogens (primary N) is 1. The molecule has 3 nitrogen and oxygen atoms in total. The number of aryl methyl sites for hydroxylation is 1. The van der Waals surface area contributed by atoms with Crippen molar-refractivity contribution < 1.29 is 9.53 Å². The van der Waals surface area contributed by atoms with Crippen molar-refractivity contribution in [1.82, 2.24) is 0 Å². The predicted molar refractivity (Wildman–Crippen MR) is 59.9 cm³/mol. The van der Waals surface area contributed by atoms with Crippen LogP contribution < -0.4 is 5.73 Å². The summed E-state index contributed by atoms with van der Waals surface area (Å²) in [5.74, 6) is -0.319. The van der Waals surface area contributed by atoms with Crippen molar-refractivity contribution in [2.24, 2.45) is 5.73 Å². The Labute approximate surface area is 90.2 Å². The molecule has 0 fully saturated rings. The summed E-state index contributed by atoms with van der Waals surface area (Å²) in [7, 11) is 1.38. The van der Waals surface area contributed by atoms with Crippen molar-refractivity contribution in [3.63, 3.8) is 0 Å². The Bertz CT molecular complexity index is 383. The first-order valence-corrected chi connectivity index (χ1v) is 4.92. The van der Waals surface area contributed by atoms with E-state index in [-0.39, 0.29) is 12.0 Å². The van der Waals surface area contributed by atoms with Crippen LogP contribution in [0.4, 0.5) is 0 Å². The van der Waals surface area contributed by atoms with Gasteiger partial charge >= 0.3 is 5.97 Å². The minimum absolute atomic E-state index is 0.0756. The Morgan fingerprint density at radius 2 is 2.00 bits per heavy atom. The monoisotopic (exact) mass is 207 g/mol. The minimum Gasteiger partial charge on any atom is -0.465 e. The van der Waals surface area contributed by atoms with Crippen LogP contribution in [0.2, 0.25) is 0 Å². The molecular formula is C12H17NO2. The van der Waals surface area contributed by atoms with Gasteiger partial charge in [-0.2, -0.15) is 0 Å². The number of rotatable bonds is 2. The van der Waals surface area contributed by atoms with Crippen LogP contribution in [0.5, 0.6) is 0 Å². The smallest absolute Gasteiger partial charge is 0.337 e. The number of hydrogen-bond donors (Lipinski definition) is 1. The molecule has 1 unspecified atom stereocenters. The fourth-order valence-corrected chi connectivity index (χ4v) is 1.60. The number of carbonyl (C=O) groups is 1. The van der Waals surface area contributed by atoms with Gasteiger partial charge in [-0.1, -0.05) is 0 Å². The van der Waals surface area contributed by atoms with Gasteiger partial charge in [0.2, 0.25) is 0 Å². The number of methoxy groups -OCH3 is 1. The highest BCUT2D eigenvalue weighted by atomic mass is 16.5. The molecule has 0 bridgehead atoms. The Morgan fingerprint density at radius 3 is 2.47 bits per heavy atom. The summed E-state index contributed by atoms with van der Waals surface area (Å²) >= 11 is 0.